The van der Waals surface area contributed by atoms with E-state index in [4.69, 9.17) is 5.73 Å². The van der Waals surface area contributed by atoms with Gasteiger partial charge < -0.3 is 16.4 Å². The largest absolute Gasteiger partial charge is 0.358 e. The van der Waals surface area contributed by atoms with Gasteiger partial charge in [-0.2, -0.15) is 5.10 Å². The summed E-state index contributed by atoms with van der Waals surface area (Å²) in [6, 6.07) is 0. The number of hydrogen-bond acceptors (Lipinski definition) is 4. The molecule has 0 radical (unpaired) electrons. The van der Waals surface area contributed by atoms with Crippen LogP contribution in [0.4, 0.5) is 5.69 Å². The minimum atomic E-state index is -0.141. The second-order valence-electron chi connectivity index (χ2n) is 4.53. The molecule has 4 N–H and O–H groups in total. The van der Waals surface area contributed by atoms with Crippen LogP contribution in [0, 0.1) is 5.92 Å². The van der Waals surface area contributed by atoms with Crippen LogP contribution in [0.25, 0.3) is 0 Å². The van der Waals surface area contributed by atoms with Crippen LogP contribution in [0.1, 0.15) is 19.8 Å². The molecule has 0 aliphatic carbocycles. The smallest absolute Gasteiger partial charge is 0.241 e. The zero-order chi connectivity index (χ0) is 14.3. The normalized spacial score (nSPS) is 11.9. The second kappa shape index (κ2) is 7.52. The number of nitrogens with two attached hydrogens (primary N) is 1. The number of rotatable bonds is 7. The molecule has 0 saturated heterocycles. The maximum absolute atomic E-state index is 11.7. The standard InChI is InChI=1S/C12H21N5O2/c1-9(5-13)3-4-11(18)16-10-6-15-17(7-10)8-12(19)14-2/h6-7,9H,3-5,8,13H2,1-2H3,(H,14,19)(H,16,18). The number of nitrogens with one attached hydrogen (secondary N) is 2. The molecular formula is C12H21N5O2. The number of amides is 2. The molecule has 0 aliphatic heterocycles. The lowest BCUT2D eigenvalue weighted by Gasteiger charge is -2.07. The van der Waals surface area contributed by atoms with Crippen molar-refractivity contribution >= 4 is 17.5 Å². The fourth-order valence-electron chi connectivity index (χ4n) is 1.46. The van der Waals surface area contributed by atoms with Crippen LogP contribution in [-0.2, 0) is 16.1 Å². The van der Waals surface area contributed by atoms with Crippen LogP contribution in [0.5, 0.6) is 0 Å². The third-order valence-corrected chi connectivity index (χ3v) is 2.77. The molecule has 106 valence electrons. The summed E-state index contributed by atoms with van der Waals surface area (Å²) in [5, 5.41) is 9.23. The highest BCUT2D eigenvalue weighted by Crippen LogP contribution is 2.08. The van der Waals surface area contributed by atoms with E-state index in [0.717, 1.165) is 6.42 Å². The number of hydrogen-bond donors (Lipinski definition) is 3. The molecule has 19 heavy (non-hydrogen) atoms. The minimum absolute atomic E-state index is 0.0696. The van der Waals surface area contributed by atoms with Crippen molar-refractivity contribution in [3.05, 3.63) is 12.4 Å². The van der Waals surface area contributed by atoms with Crippen molar-refractivity contribution in [1.82, 2.24) is 15.1 Å². The molecule has 1 unspecified atom stereocenters. The topological polar surface area (TPSA) is 102 Å². The molecule has 0 spiro atoms. The van der Waals surface area contributed by atoms with Gasteiger partial charge in [-0.1, -0.05) is 6.92 Å². The molecule has 0 aliphatic rings. The Hall–Kier alpha value is -1.89. The maximum atomic E-state index is 11.7. The Balaban J connectivity index is 2.40. The third kappa shape index (κ3) is 5.52. The van der Waals surface area contributed by atoms with Gasteiger partial charge in [-0.3, -0.25) is 14.3 Å². The number of carbonyl (C=O) groups excluding carboxylic acids is 2. The zero-order valence-electron chi connectivity index (χ0n) is 11.3. The first-order valence-electron chi connectivity index (χ1n) is 6.28. The second-order valence-corrected chi connectivity index (χ2v) is 4.53. The van der Waals surface area contributed by atoms with Crippen LogP contribution < -0.4 is 16.4 Å². The summed E-state index contributed by atoms with van der Waals surface area (Å²) in [6.45, 7) is 2.72. The van der Waals surface area contributed by atoms with Crippen molar-refractivity contribution in [1.29, 1.82) is 0 Å². The highest BCUT2D eigenvalue weighted by atomic mass is 16.2. The lowest BCUT2D eigenvalue weighted by molar-refractivity contribution is -0.121. The van der Waals surface area contributed by atoms with Gasteiger partial charge in [0, 0.05) is 19.7 Å². The van der Waals surface area contributed by atoms with E-state index >= 15 is 0 Å². The summed E-state index contributed by atoms with van der Waals surface area (Å²) < 4.78 is 1.47. The van der Waals surface area contributed by atoms with E-state index in [9.17, 15) is 9.59 Å². The van der Waals surface area contributed by atoms with Crippen LogP contribution in [0.2, 0.25) is 0 Å². The van der Waals surface area contributed by atoms with Gasteiger partial charge in [0.2, 0.25) is 11.8 Å². The van der Waals surface area contributed by atoms with Crippen LogP contribution >= 0.6 is 0 Å². The Morgan fingerprint density at radius 3 is 2.84 bits per heavy atom. The number of likely N-dealkylation sites (N-methyl/N-ethyl adjacent to an activating group) is 1. The molecule has 1 heterocycles. The quantitative estimate of drug-likeness (QED) is 0.644. The summed E-state index contributed by atoms with van der Waals surface area (Å²) in [6.07, 6.45) is 4.33. The van der Waals surface area contributed by atoms with Crippen LogP contribution in [-0.4, -0.2) is 35.2 Å². The van der Waals surface area contributed by atoms with Gasteiger partial charge in [-0.05, 0) is 18.9 Å². The summed E-state index contributed by atoms with van der Waals surface area (Å²) in [7, 11) is 1.56. The van der Waals surface area contributed by atoms with Crippen molar-refractivity contribution < 1.29 is 9.59 Å². The molecule has 2 amide bonds. The van der Waals surface area contributed by atoms with Crippen molar-refractivity contribution in [3.8, 4) is 0 Å². The predicted molar refractivity (Wildman–Crippen MR) is 72.4 cm³/mol. The molecule has 1 atom stereocenters. The average molecular weight is 267 g/mol. The first-order valence-corrected chi connectivity index (χ1v) is 6.28. The number of aromatic nitrogens is 2. The van der Waals surface area contributed by atoms with Gasteiger partial charge in [0.1, 0.15) is 6.54 Å². The molecule has 0 saturated carbocycles. The van der Waals surface area contributed by atoms with Gasteiger partial charge in [-0.15, -0.1) is 0 Å². The fraction of sp³-hybridized carbons (Fsp3) is 0.583. The Morgan fingerprint density at radius 1 is 1.47 bits per heavy atom. The van der Waals surface area contributed by atoms with Gasteiger partial charge in [-0.25, -0.2) is 0 Å². The Kier molecular flexibility index (Phi) is 6.01. The van der Waals surface area contributed by atoms with E-state index in [1.165, 1.54) is 10.9 Å². The Morgan fingerprint density at radius 2 is 2.21 bits per heavy atom. The minimum Gasteiger partial charge on any atom is -0.358 e. The maximum Gasteiger partial charge on any atom is 0.241 e. The highest BCUT2D eigenvalue weighted by Gasteiger charge is 2.08. The Labute approximate surface area is 112 Å². The third-order valence-electron chi connectivity index (χ3n) is 2.77. The van der Waals surface area contributed by atoms with Crippen molar-refractivity contribution in [2.24, 2.45) is 11.7 Å². The molecule has 0 bridgehead atoms. The SMILES string of the molecule is CNC(=O)Cn1cc(NC(=O)CCC(C)CN)cn1. The van der Waals surface area contributed by atoms with Gasteiger partial charge in [0.25, 0.3) is 0 Å². The summed E-state index contributed by atoms with van der Waals surface area (Å²) in [5.41, 5.74) is 6.08. The van der Waals surface area contributed by atoms with Gasteiger partial charge in [0.15, 0.2) is 0 Å². The molecule has 0 aromatic carbocycles. The fourth-order valence-corrected chi connectivity index (χ4v) is 1.46. The van der Waals surface area contributed by atoms with E-state index in [2.05, 4.69) is 15.7 Å². The van der Waals surface area contributed by atoms with E-state index in [1.807, 2.05) is 6.92 Å². The lowest BCUT2D eigenvalue weighted by atomic mass is 10.1. The first-order chi connectivity index (χ1) is 9.05. The van der Waals surface area contributed by atoms with Crippen LogP contribution in [0.15, 0.2) is 12.4 Å². The summed E-state index contributed by atoms with van der Waals surface area (Å²) >= 11 is 0. The molecule has 7 heteroatoms. The summed E-state index contributed by atoms with van der Waals surface area (Å²) in [4.78, 5) is 22.8. The van der Waals surface area contributed by atoms with E-state index in [0.29, 0.717) is 24.6 Å². The molecule has 1 aromatic rings. The molecule has 7 nitrogen and oxygen atoms in total. The van der Waals surface area contributed by atoms with E-state index in [1.54, 1.807) is 13.2 Å². The monoisotopic (exact) mass is 267 g/mol. The average Bonchev–Trinajstić information content (AvgIpc) is 2.82. The molecule has 0 fully saturated rings. The van der Waals surface area contributed by atoms with Gasteiger partial charge >= 0.3 is 0 Å². The molecule has 1 aromatic heterocycles. The predicted octanol–water partition coefficient (Wildman–Crippen LogP) is -0.0574. The van der Waals surface area contributed by atoms with Gasteiger partial charge in [0.05, 0.1) is 11.9 Å². The summed E-state index contributed by atoms with van der Waals surface area (Å²) in [5.74, 6) is 0.124. The zero-order valence-corrected chi connectivity index (χ0v) is 11.3. The highest BCUT2D eigenvalue weighted by molar-refractivity contribution is 5.90. The lowest BCUT2D eigenvalue weighted by Crippen LogP contribution is -2.23. The van der Waals surface area contributed by atoms with Crippen molar-refractivity contribution in [2.45, 2.75) is 26.3 Å². The number of carbonyl (C=O) groups is 2. The number of nitrogens with zero attached hydrogens (tertiary/aromatic N) is 2. The molecule has 1 rings (SSSR count). The molecular weight excluding hydrogens is 246 g/mol. The van der Waals surface area contributed by atoms with Crippen molar-refractivity contribution in [2.75, 3.05) is 18.9 Å². The van der Waals surface area contributed by atoms with E-state index in [-0.39, 0.29) is 18.4 Å². The Bertz CT molecular complexity index is 430. The van der Waals surface area contributed by atoms with E-state index < -0.39 is 0 Å². The van der Waals surface area contributed by atoms with Crippen LogP contribution in [0.3, 0.4) is 0 Å². The first kappa shape index (κ1) is 15.2. The number of anilines is 1. The van der Waals surface area contributed by atoms with Crippen molar-refractivity contribution in [3.63, 3.8) is 0 Å².